The molecule has 1 atom stereocenters. The van der Waals surface area contributed by atoms with Gasteiger partial charge in [-0.1, -0.05) is 0 Å². The molecule has 0 aliphatic carbocycles. The van der Waals surface area contributed by atoms with Gasteiger partial charge < -0.3 is 14.2 Å². The van der Waals surface area contributed by atoms with Gasteiger partial charge >= 0.3 is 5.97 Å². The molecule has 2 rings (SSSR count). The maximum absolute atomic E-state index is 12.4. The number of benzene rings is 1. The lowest BCUT2D eigenvalue weighted by Gasteiger charge is -2.19. The minimum atomic E-state index is -0.395. The summed E-state index contributed by atoms with van der Waals surface area (Å²) >= 11 is 0. The molecule has 0 saturated heterocycles. The lowest BCUT2D eigenvalue weighted by molar-refractivity contribution is 0.0195. The molecular weight excluding hydrogens is 308 g/mol. The number of imidazole rings is 1. The molecule has 2 aromatic rings. The normalized spacial score (nSPS) is 12.0. The second-order valence-electron chi connectivity index (χ2n) is 5.24. The van der Waals surface area contributed by atoms with Crippen LogP contribution in [0.5, 0.6) is 5.75 Å². The number of carbonyl (C=O) groups excluding carboxylic acids is 1. The van der Waals surface area contributed by atoms with Gasteiger partial charge in [0, 0.05) is 12.2 Å². The van der Waals surface area contributed by atoms with Gasteiger partial charge in [0.25, 0.3) is 0 Å². The van der Waals surface area contributed by atoms with Gasteiger partial charge in [-0.15, -0.1) is 0 Å². The molecule has 0 aliphatic rings. The van der Waals surface area contributed by atoms with E-state index < -0.39 is 5.97 Å². The molecule has 1 aromatic carbocycles. The molecule has 1 aromatic heterocycles. The molecule has 24 heavy (non-hydrogen) atoms. The van der Waals surface area contributed by atoms with Gasteiger partial charge in [-0.2, -0.15) is 0 Å². The van der Waals surface area contributed by atoms with Crippen LogP contribution in [0.15, 0.2) is 24.3 Å². The zero-order chi connectivity index (χ0) is 17.7. The maximum Gasteiger partial charge on any atom is 0.356 e. The van der Waals surface area contributed by atoms with Gasteiger partial charge in [0.05, 0.1) is 19.4 Å². The Morgan fingerprint density at radius 1 is 1.21 bits per heavy atom. The Kier molecular flexibility index (Phi) is 5.98. The Bertz CT molecular complexity index is 692. The van der Waals surface area contributed by atoms with Crippen molar-refractivity contribution in [2.75, 3.05) is 20.3 Å². The second kappa shape index (κ2) is 7.97. The third-order valence-corrected chi connectivity index (χ3v) is 3.67. The molecule has 0 aliphatic heterocycles. The fourth-order valence-electron chi connectivity index (χ4n) is 2.60. The highest BCUT2D eigenvalue weighted by Gasteiger charge is 2.26. The van der Waals surface area contributed by atoms with E-state index >= 15 is 0 Å². The number of aryl methyl sites for hydroxylation is 1. The molecule has 0 N–H and O–H groups in total. The van der Waals surface area contributed by atoms with Crippen LogP contribution in [0.25, 0.3) is 11.4 Å². The summed E-state index contributed by atoms with van der Waals surface area (Å²) in [6.07, 6.45) is -0.340. The number of nitrogens with zero attached hydrogens (tertiary/aromatic N) is 2. The zero-order valence-electron chi connectivity index (χ0n) is 14.8. The molecule has 6 nitrogen and oxygen atoms in total. The summed E-state index contributed by atoms with van der Waals surface area (Å²) in [4.78, 5) is 17.0. The summed E-state index contributed by atoms with van der Waals surface area (Å²) in [5, 5.41) is 0. The Morgan fingerprint density at radius 3 is 2.42 bits per heavy atom. The largest absolute Gasteiger partial charge is 0.497 e. The fourth-order valence-corrected chi connectivity index (χ4v) is 2.60. The van der Waals surface area contributed by atoms with Crippen LogP contribution in [0.2, 0.25) is 0 Å². The summed E-state index contributed by atoms with van der Waals surface area (Å²) in [6.45, 7) is 8.23. The summed E-state index contributed by atoms with van der Waals surface area (Å²) in [5.41, 5.74) is 1.91. The number of hydrogen-bond acceptors (Lipinski definition) is 5. The van der Waals surface area contributed by atoms with Crippen LogP contribution in [0, 0.1) is 6.92 Å². The Hall–Kier alpha value is -2.34. The molecule has 0 radical (unpaired) electrons. The molecule has 130 valence electrons. The predicted octanol–water partition coefficient (Wildman–Crippen LogP) is 3.60. The van der Waals surface area contributed by atoms with Gasteiger partial charge in [0.2, 0.25) is 0 Å². The predicted molar refractivity (Wildman–Crippen MR) is 91.2 cm³/mol. The van der Waals surface area contributed by atoms with Crippen molar-refractivity contribution in [3.8, 4) is 17.1 Å². The summed E-state index contributed by atoms with van der Waals surface area (Å²) in [5.74, 6) is 1.03. The first-order valence-corrected chi connectivity index (χ1v) is 8.05. The quantitative estimate of drug-likeness (QED) is 0.725. The second-order valence-corrected chi connectivity index (χ2v) is 5.24. The van der Waals surface area contributed by atoms with E-state index in [4.69, 9.17) is 14.2 Å². The Labute approximate surface area is 142 Å². The van der Waals surface area contributed by atoms with Crippen molar-refractivity contribution >= 4 is 5.97 Å². The number of ether oxygens (including phenoxy) is 3. The van der Waals surface area contributed by atoms with Crippen molar-refractivity contribution in [2.24, 2.45) is 0 Å². The number of rotatable bonds is 7. The van der Waals surface area contributed by atoms with Crippen molar-refractivity contribution in [1.82, 2.24) is 9.55 Å². The molecule has 0 spiro atoms. The molecule has 0 bridgehead atoms. The fraction of sp³-hybridized carbons (Fsp3) is 0.444. The van der Waals surface area contributed by atoms with Crippen LogP contribution in [-0.4, -0.2) is 35.8 Å². The topological polar surface area (TPSA) is 62.6 Å². The maximum atomic E-state index is 12.4. The first-order chi connectivity index (χ1) is 11.5. The zero-order valence-corrected chi connectivity index (χ0v) is 14.8. The van der Waals surface area contributed by atoms with E-state index in [1.807, 2.05) is 38.1 Å². The lowest BCUT2D eigenvalue weighted by atomic mass is 10.2. The lowest BCUT2D eigenvalue weighted by Crippen LogP contribution is -2.19. The van der Waals surface area contributed by atoms with E-state index in [0.717, 1.165) is 11.3 Å². The van der Waals surface area contributed by atoms with Gasteiger partial charge in [-0.05, 0) is 52.0 Å². The standard InChI is InChI=1S/C18H24N2O4/c1-6-23-13(4)20-16(18(21)24-7-2)12(3)19-17(20)14-8-10-15(22-5)11-9-14/h8-11,13H,6-7H2,1-5H3. The van der Waals surface area contributed by atoms with Crippen molar-refractivity contribution in [1.29, 1.82) is 0 Å². The Morgan fingerprint density at radius 2 is 1.88 bits per heavy atom. The van der Waals surface area contributed by atoms with Crippen LogP contribution in [-0.2, 0) is 9.47 Å². The summed E-state index contributed by atoms with van der Waals surface area (Å²) < 4.78 is 17.9. The van der Waals surface area contributed by atoms with Crippen molar-refractivity contribution in [3.05, 3.63) is 35.7 Å². The molecule has 6 heteroatoms. The highest BCUT2D eigenvalue weighted by molar-refractivity contribution is 5.90. The number of methoxy groups -OCH3 is 1. The third-order valence-electron chi connectivity index (χ3n) is 3.67. The van der Waals surface area contributed by atoms with Crippen LogP contribution in [0.3, 0.4) is 0 Å². The van der Waals surface area contributed by atoms with Crippen molar-refractivity contribution < 1.29 is 19.0 Å². The smallest absolute Gasteiger partial charge is 0.356 e. The highest BCUT2D eigenvalue weighted by atomic mass is 16.5. The Balaban J connectivity index is 2.57. The van der Waals surface area contributed by atoms with E-state index in [1.54, 1.807) is 25.5 Å². The number of carbonyl (C=O) groups is 1. The molecule has 0 saturated carbocycles. The minimum Gasteiger partial charge on any atom is -0.497 e. The number of hydrogen-bond donors (Lipinski definition) is 0. The molecule has 1 heterocycles. The van der Waals surface area contributed by atoms with Gasteiger partial charge in [-0.3, -0.25) is 4.57 Å². The van der Waals surface area contributed by atoms with Gasteiger partial charge in [0.1, 0.15) is 17.8 Å². The van der Waals surface area contributed by atoms with Crippen molar-refractivity contribution in [3.63, 3.8) is 0 Å². The third kappa shape index (κ3) is 3.59. The van der Waals surface area contributed by atoms with Crippen molar-refractivity contribution in [2.45, 2.75) is 33.9 Å². The molecule has 0 fully saturated rings. The van der Waals surface area contributed by atoms with Crippen LogP contribution in [0.1, 0.15) is 43.2 Å². The van der Waals surface area contributed by atoms with E-state index in [-0.39, 0.29) is 6.23 Å². The average molecular weight is 332 g/mol. The molecule has 1 unspecified atom stereocenters. The van der Waals surface area contributed by atoms with Gasteiger partial charge in [0.15, 0.2) is 5.69 Å². The first kappa shape index (κ1) is 18.0. The molecular formula is C18H24N2O4. The molecule has 0 amide bonds. The van der Waals surface area contributed by atoms with E-state index in [0.29, 0.717) is 30.4 Å². The minimum absolute atomic E-state index is 0.310. The van der Waals surface area contributed by atoms with E-state index in [9.17, 15) is 4.79 Å². The first-order valence-electron chi connectivity index (χ1n) is 8.05. The van der Waals surface area contributed by atoms with Crippen LogP contribution in [0.4, 0.5) is 0 Å². The van der Waals surface area contributed by atoms with Crippen LogP contribution < -0.4 is 4.74 Å². The summed E-state index contributed by atoms with van der Waals surface area (Å²) in [7, 11) is 1.62. The number of aromatic nitrogens is 2. The van der Waals surface area contributed by atoms with E-state index in [1.165, 1.54) is 0 Å². The van der Waals surface area contributed by atoms with Gasteiger partial charge in [-0.25, -0.2) is 9.78 Å². The van der Waals surface area contributed by atoms with E-state index in [2.05, 4.69) is 4.98 Å². The average Bonchev–Trinajstić information content (AvgIpc) is 2.93. The SMILES string of the molecule is CCOC(=O)c1c(C)nc(-c2ccc(OC)cc2)n1C(C)OCC. The highest BCUT2D eigenvalue weighted by Crippen LogP contribution is 2.28. The van der Waals surface area contributed by atoms with Crippen LogP contribution >= 0.6 is 0 Å². The monoisotopic (exact) mass is 332 g/mol. The number of esters is 1. The summed E-state index contributed by atoms with van der Waals surface area (Å²) in [6, 6.07) is 7.54.